The van der Waals surface area contributed by atoms with Gasteiger partial charge in [-0.15, -0.1) is 0 Å². The first-order chi connectivity index (χ1) is 15.0. The van der Waals surface area contributed by atoms with E-state index in [1.54, 1.807) is 19.3 Å². The van der Waals surface area contributed by atoms with Gasteiger partial charge in [-0.05, 0) is 73.4 Å². The maximum absolute atomic E-state index is 11.5. The summed E-state index contributed by atoms with van der Waals surface area (Å²) in [6.45, 7) is 5.43. The fourth-order valence-corrected chi connectivity index (χ4v) is 3.18. The Morgan fingerprint density at radius 3 is 2.45 bits per heavy atom. The van der Waals surface area contributed by atoms with E-state index in [9.17, 15) is 4.79 Å². The molecule has 2 aromatic heterocycles. The Hall–Kier alpha value is -4.06. The van der Waals surface area contributed by atoms with E-state index in [1.807, 2.05) is 74.7 Å². The number of rotatable bonds is 6. The van der Waals surface area contributed by atoms with Crippen molar-refractivity contribution in [2.75, 3.05) is 5.32 Å². The maximum atomic E-state index is 11.5. The topological polar surface area (TPSA) is 83.6 Å². The van der Waals surface area contributed by atoms with E-state index in [-0.39, 0.29) is 5.78 Å². The van der Waals surface area contributed by atoms with Crippen molar-refractivity contribution in [1.82, 2.24) is 20.2 Å². The fraction of sp³-hybridized carbons (Fsp3) is 0.120. The molecule has 2 aromatic carbocycles. The first-order valence-electron chi connectivity index (χ1n) is 9.99. The molecule has 6 heteroatoms. The minimum absolute atomic E-state index is 0.0726. The van der Waals surface area contributed by atoms with Gasteiger partial charge in [0.05, 0.1) is 6.20 Å². The molecule has 0 radical (unpaired) electrons. The first-order valence-corrected chi connectivity index (χ1v) is 9.99. The third-order valence-corrected chi connectivity index (χ3v) is 5.10. The smallest absolute Gasteiger partial charge is 0.161 e. The zero-order chi connectivity index (χ0) is 21.8. The Labute approximate surface area is 181 Å². The van der Waals surface area contributed by atoms with Crippen molar-refractivity contribution in [2.24, 2.45) is 0 Å². The number of hydrogen-bond acceptors (Lipinski definition) is 5. The molecule has 0 aliphatic rings. The molecule has 0 spiro atoms. The number of H-pyrrole nitrogens is 1. The molecule has 154 valence electrons. The Kier molecular flexibility index (Phi) is 5.71. The second-order valence-electron chi connectivity index (χ2n) is 7.41. The molecule has 0 saturated carbocycles. The average Bonchev–Trinajstić information content (AvgIpc) is 3.31. The van der Waals surface area contributed by atoms with Crippen LogP contribution in [0.15, 0.2) is 72.7 Å². The van der Waals surface area contributed by atoms with Gasteiger partial charge in [-0.3, -0.25) is 9.89 Å². The number of hydrogen-bond donors (Lipinski definition) is 2. The lowest BCUT2D eigenvalue weighted by Crippen LogP contribution is -1.97. The largest absolute Gasteiger partial charge is 0.340 e. The molecular weight excluding hydrogens is 386 g/mol. The Bertz CT molecular complexity index is 1240. The molecule has 0 bridgehead atoms. The van der Waals surface area contributed by atoms with Crippen molar-refractivity contribution in [3.63, 3.8) is 0 Å². The van der Waals surface area contributed by atoms with Crippen LogP contribution >= 0.6 is 0 Å². The molecule has 4 aromatic rings. The van der Waals surface area contributed by atoms with Gasteiger partial charge in [0.2, 0.25) is 0 Å². The Balaban J connectivity index is 1.54. The standard InChI is InChI=1S/C25H23N5O/c1-16(18(3)31)12-20-4-5-21(13-17(20)2)25-26-11-10-24(30-25)29-23-8-6-19(7-9-23)22-14-27-28-15-22/h4-15H,1-3H3,(H,27,28)(H,26,29,30)/b16-12+. The summed E-state index contributed by atoms with van der Waals surface area (Å²) < 4.78 is 0. The highest BCUT2D eigenvalue weighted by Crippen LogP contribution is 2.24. The van der Waals surface area contributed by atoms with Gasteiger partial charge >= 0.3 is 0 Å². The SMILES string of the molecule is CC(=O)/C(C)=C/c1ccc(-c2nccc(Nc3ccc(-c4cn[nH]c4)cc3)n2)cc1C. The third-order valence-electron chi connectivity index (χ3n) is 5.10. The predicted octanol–water partition coefficient (Wildman–Crippen LogP) is 5.58. The van der Waals surface area contributed by atoms with Crippen molar-refractivity contribution < 1.29 is 4.79 Å². The van der Waals surface area contributed by atoms with Gasteiger partial charge in [-0.2, -0.15) is 5.10 Å². The van der Waals surface area contributed by atoms with Crippen molar-refractivity contribution in [2.45, 2.75) is 20.8 Å². The molecular formula is C25H23N5O. The van der Waals surface area contributed by atoms with Gasteiger partial charge in [0, 0.05) is 29.2 Å². The number of carbonyl (C=O) groups excluding carboxylic acids is 1. The molecule has 2 N–H and O–H groups in total. The number of nitrogens with zero attached hydrogens (tertiary/aromatic N) is 3. The van der Waals surface area contributed by atoms with E-state index in [0.29, 0.717) is 5.82 Å². The quantitative estimate of drug-likeness (QED) is 0.406. The highest BCUT2D eigenvalue weighted by Gasteiger charge is 2.07. The van der Waals surface area contributed by atoms with Crippen LogP contribution in [0.25, 0.3) is 28.6 Å². The van der Waals surface area contributed by atoms with Gasteiger partial charge in [0.1, 0.15) is 5.82 Å². The number of allylic oxidation sites excluding steroid dienone is 1. The van der Waals surface area contributed by atoms with Crippen LogP contribution in [-0.4, -0.2) is 25.9 Å². The minimum atomic E-state index is 0.0726. The van der Waals surface area contributed by atoms with Crippen LogP contribution in [0.3, 0.4) is 0 Å². The summed E-state index contributed by atoms with van der Waals surface area (Å²) in [6.07, 6.45) is 7.31. The summed E-state index contributed by atoms with van der Waals surface area (Å²) in [7, 11) is 0. The maximum Gasteiger partial charge on any atom is 0.161 e. The summed E-state index contributed by atoms with van der Waals surface area (Å²) in [5.74, 6) is 1.43. The Morgan fingerprint density at radius 2 is 1.77 bits per heavy atom. The van der Waals surface area contributed by atoms with Gasteiger partial charge in [0.25, 0.3) is 0 Å². The van der Waals surface area contributed by atoms with E-state index in [0.717, 1.165) is 44.9 Å². The summed E-state index contributed by atoms with van der Waals surface area (Å²) in [5.41, 5.74) is 6.81. The van der Waals surface area contributed by atoms with Crippen LogP contribution < -0.4 is 5.32 Å². The normalized spacial score (nSPS) is 11.4. The first kappa shape index (κ1) is 20.2. The molecule has 0 aliphatic heterocycles. The fourth-order valence-electron chi connectivity index (χ4n) is 3.18. The molecule has 0 atom stereocenters. The molecule has 0 amide bonds. The van der Waals surface area contributed by atoms with Crippen molar-refractivity contribution >= 4 is 23.4 Å². The van der Waals surface area contributed by atoms with E-state index in [2.05, 4.69) is 25.5 Å². The third kappa shape index (κ3) is 4.75. The van der Waals surface area contributed by atoms with E-state index in [1.165, 1.54) is 0 Å². The summed E-state index contributed by atoms with van der Waals surface area (Å²) in [6, 6.07) is 15.9. The van der Waals surface area contributed by atoms with E-state index < -0.39 is 0 Å². The van der Waals surface area contributed by atoms with Crippen LogP contribution in [0.4, 0.5) is 11.5 Å². The van der Waals surface area contributed by atoms with Crippen LogP contribution in [0.1, 0.15) is 25.0 Å². The van der Waals surface area contributed by atoms with Crippen molar-refractivity contribution in [3.05, 3.63) is 83.8 Å². The molecule has 6 nitrogen and oxygen atoms in total. The number of aromatic amines is 1. The van der Waals surface area contributed by atoms with E-state index in [4.69, 9.17) is 0 Å². The highest BCUT2D eigenvalue weighted by molar-refractivity contribution is 5.97. The highest BCUT2D eigenvalue weighted by atomic mass is 16.1. The zero-order valence-corrected chi connectivity index (χ0v) is 17.7. The molecule has 31 heavy (non-hydrogen) atoms. The molecule has 4 rings (SSSR count). The monoisotopic (exact) mass is 409 g/mol. The number of Topliss-reactive ketones (excluding diaryl/α,β-unsaturated/α-hetero) is 1. The molecule has 2 heterocycles. The van der Waals surface area contributed by atoms with Gasteiger partial charge in [0.15, 0.2) is 11.6 Å². The lowest BCUT2D eigenvalue weighted by atomic mass is 10.0. The lowest BCUT2D eigenvalue weighted by Gasteiger charge is -2.09. The number of aromatic nitrogens is 4. The molecule has 0 saturated heterocycles. The number of ketones is 1. The predicted molar refractivity (Wildman–Crippen MR) is 124 cm³/mol. The van der Waals surface area contributed by atoms with Crippen LogP contribution in [-0.2, 0) is 4.79 Å². The van der Waals surface area contributed by atoms with Crippen molar-refractivity contribution in [3.8, 4) is 22.5 Å². The van der Waals surface area contributed by atoms with Gasteiger partial charge < -0.3 is 5.32 Å². The van der Waals surface area contributed by atoms with Gasteiger partial charge in [-0.25, -0.2) is 9.97 Å². The van der Waals surface area contributed by atoms with Crippen molar-refractivity contribution in [1.29, 1.82) is 0 Å². The van der Waals surface area contributed by atoms with Crippen LogP contribution in [0.2, 0.25) is 0 Å². The molecule has 0 unspecified atom stereocenters. The minimum Gasteiger partial charge on any atom is -0.340 e. The summed E-state index contributed by atoms with van der Waals surface area (Å²) in [4.78, 5) is 20.6. The second kappa shape index (κ2) is 8.75. The van der Waals surface area contributed by atoms with E-state index >= 15 is 0 Å². The van der Waals surface area contributed by atoms with Crippen LogP contribution in [0.5, 0.6) is 0 Å². The lowest BCUT2D eigenvalue weighted by molar-refractivity contribution is -0.113. The summed E-state index contributed by atoms with van der Waals surface area (Å²) in [5, 5.41) is 10.1. The number of anilines is 2. The number of aryl methyl sites for hydroxylation is 1. The van der Waals surface area contributed by atoms with Crippen LogP contribution in [0, 0.1) is 6.92 Å². The van der Waals surface area contributed by atoms with Gasteiger partial charge in [-0.1, -0.05) is 24.3 Å². The molecule has 0 aliphatic carbocycles. The number of carbonyl (C=O) groups is 1. The Morgan fingerprint density at radius 1 is 1.00 bits per heavy atom. The number of benzene rings is 2. The average molecular weight is 409 g/mol. The summed E-state index contributed by atoms with van der Waals surface area (Å²) >= 11 is 0. The second-order valence-corrected chi connectivity index (χ2v) is 7.41. The molecule has 0 fully saturated rings. The zero-order valence-electron chi connectivity index (χ0n) is 17.7. The number of nitrogens with one attached hydrogen (secondary N) is 2.